The second kappa shape index (κ2) is 4.81. The second-order valence-corrected chi connectivity index (χ2v) is 4.76. The van der Waals surface area contributed by atoms with Gasteiger partial charge in [-0.05, 0) is 36.4 Å². The van der Waals surface area contributed by atoms with Crippen LogP contribution in [0.4, 0.5) is 0 Å². The molecular formula is C13H8BrN3O2. The summed E-state index contributed by atoms with van der Waals surface area (Å²) in [6, 6.07) is 10.9. The molecule has 0 aliphatic rings. The van der Waals surface area contributed by atoms with Crippen molar-refractivity contribution in [3.05, 3.63) is 57.4 Å². The summed E-state index contributed by atoms with van der Waals surface area (Å²) in [5.74, 6) is 0.658. The molecule has 0 radical (unpaired) electrons. The van der Waals surface area contributed by atoms with Crippen molar-refractivity contribution in [3.8, 4) is 22.8 Å². The van der Waals surface area contributed by atoms with Crippen LogP contribution in [0, 0.1) is 0 Å². The molecule has 0 spiro atoms. The fourth-order valence-electron chi connectivity index (χ4n) is 1.64. The number of benzene rings is 1. The van der Waals surface area contributed by atoms with Crippen LogP contribution in [0.1, 0.15) is 0 Å². The Morgan fingerprint density at radius 1 is 1.16 bits per heavy atom. The summed E-state index contributed by atoms with van der Waals surface area (Å²) >= 11 is 3.36. The van der Waals surface area contributed by atoms with Crippen molar-refractivity contribution < 1.29 is 4.52 Å². The zero-order valence-electron chi connectivity index (χ0n) is 9.63. The molecule has 0 aliphatic carbocycles. The van der Waals surface area contributed by atoms with Crippen LogP contribution < -0.4 is 5.56 Å². The SMILES string of the molecule is O=c1[nH]cccc1-c1nc(-c2ccc(Br)cc2)no1. The third-order valence-corrected chi connectivity index (χ3v) is 3.11. The minimum atomic E-state index is -0.256. The molecule has 2 heterocycles. The van der Waals surface area contributed by atoms with Crippen LogP contribution in [-0.2, 0) is 0 Å². The highest BCUT2D eigenvalue weighted by atomic mass is 79.9. The summed E-state index contributed by atoms with van der Waals surface area (Å²) in [7, 11) is 0. The predicted molar refractivity (Wildman–Crippen MR) is 73.5 cm³/mol. The van der Waals surface area contributed by atoms with Crippen LogP contribution in [0.5, 0.6) is 0 Å². The number of hydrogen-bond donors (Lipinski definition) is 1. The van der Waals surface area contributed by atoms with E-state index in [0.717, 1.165) is 10.0 Å². The first kappa shape index (κ1) is 11.9. The van der Waals surface area contributed by atoms with Gasteiger partial charge in [-0.25, -0.2) is 0 Å². The van der Waals surface area contributed by atoms with Gasteiger partial charge < -0.3 is 9.51 Å². The summed E-state index contributed by atoms with van der Waals surface area (Å²) in [6.07, 6.45) is 1.55. The summed E-state index contributed by atoms with van der Waals surface area (Å²) in [5, 5.41) is 3.88. The zero-order valence-corrected chi connectivity index (χ0v) is 11.2. The molecule has 0 unspecified atom stereocenters. The van der Waals surface area contributed by atoms with E-state index >= 15 is 0 Å². The molecule has 3 aromatic rings. The molecule has 0 amide bonds. The number of aromatic nitrogens is 3. The molecule has 19 heavy (non-hydrogen) atoms. The molecule has 0 fully saturated rings. The summed E-state index contributed by atoms with van der Waals surface area (Å²) < 4.78 is 6.10. The Balaban J connectivity index is 2.02. The van der Waals surface area contributed by atoms with Gasteiger partial charge in [0.1, 0.15) is 5.56 Å². The van der Waals surface area contributed by atoms with E-state index in [0.29, 0.717) is 11.4 Å². The molecule has 1 aromatic carbocycles. The molecule has 0 bridgehead atoms. The largest absolute Gasteiger partial charge is 0.333 e. The Morgan fingerprint density at radius 2 is 1.95 bits per heavy atom. The van der Waals surface area contributed by atoms with Gasteiger partial charge in [-0.3, -0.25) is 4.79 Å². The van der Waals surface area contributed by atoms with Crippen LogP contribution >= 0.6 is 15.9 Å². The van der Waals surface area contributed by atoms with Crippen LogP contribution in [0.2, 0.25) is 0 Å². The van der Waals surface area contributed by atoms with Gasteiger partial charge in [-0.2, -0.15) is 4.98 Å². The number of halogens is 1. The maximum Gasteiger partial charge on any atom is 0.263 e. The minimum absolute atomic E-state index is 0.208. The normalized spacial score (nSPS) is 10.6. The van der Waals surface area contributed by atoms with Crippen molar-refractivity contribution in [2.75, 3.05) is 0 Å². The van der Waals surface area contributed by atoms with Crippen LogP contribution in [0.15, 0.2) is 56.4 Å². The Hall–Kier alpha value is -2.21. The van der Waals surface area contributed by atoms with Gasteiger partial charge in [-0.15, -0.1) is 0 Å². The lowest BCUT2D eigenvalue weighted by Crippen LogP contribution is -2.06. The van der Waals surface area contributed by atoms with Crippen molar-refractivity contribution in [1.82, 2.24) is 15.1 Å². The third-order valence-electron chi connectivity index (χ3n) is 2.58. The highest BCUT2D eigenvalue weighted by Gasteiger charge is 2.12. The van der Waals surface area contributed by atoms with Gasteiger partial charge in [0, 0.05) is 16.2 Å². The van der Waals surface area contributed by atoms with E-state index in [2.05, 4.69) is 31.1 Å². The fourth-order valence-corrected chi connectivity index (χ4v) is 1.90. The maximum atomic E-state index is 11.6. The number of nitrogens with one attached hydrogen (secondary N) is 1. The Kier molecular flexibility index (Phi) is 3.00. The van der Waals surface area contributed by atoms with E-state index in [1.165, 1.54) is 0 Å². The van der Waals surface area contributed by atoms with E-state index in [-0.39, 0.29) is 11.4 Å². The highest BCUT2D eigenvalue weighted by molar-refractivity contribution is 9.10. The molecule has 3 rings (SSSR count). The highest BCUT2D eigenvalue weighted by Crippen LogP contribution is 2.21. The number of H-pyrrole nitrogens is 1. The topological polar surface area (TPSA) is 71.8 Å². The molecule has 0 atom stereocenters. The average Bonchev–Trinajstić information content (AvgIpc) is 2.89. The molecule has 0 saturated heterocycles. The number of nitrogens with zero attached hydrogens (tertiary/aromatic N) is 2. The molecule has 5 nitrogen and oxygen atoms in total. The molecule has 0 saturated carbocycles. The second-order valence-electron chi connectivity index (χ2n) is 3.84. The maximum absolute atomic E-state index is 11.6. The first-order valence-electron chi connectivity index (χ1n) is 5.52. The first-order chi connectivity index (χ1) is 9.24. The summed E-state index contributed by atoms with van der Waals surface area (Å²) in [4.78, 5) is 18.4. The monoisotopic (exact) mass is 317 g/mol. The number of rotatable bonds is 2. The molecular weight excluding hydrogens is 310 g/mol. The number of hydrogen-bond acceptors (Lipinski definition) is 4. The van der Waals surface area contributed by atoms with E-state index < -0.39 is 0 Å². The van der Waals surface area contributed by atoms with Gasteiger partial charge in [0.2, 0.25) is 5.82 Å². The van der Waals surface area contributed by atoms with Crippen LogP contribution in [0.25, 0.3) is 22.8 Å². The lowest BCUT2D eigenvalue weighted by Gasteiger charge is -1.93. The first-order valence-corrected chi connectivity index (χ1v) is 6.31. The van der Waals surface area contributed by atoms with E-state index in [4.69, 9.17) is 4.52 Å². The van der Waals surface area contributed by atoms with Crippen molar-refractivity contribution in [3.63, 3.8) is 0 Å². The van der Waals surface area contributed by atoms with Crippen molar-refractivity contribution in [2.45, 2.75) is 0 Å². The standard InChI is InChI=1S/C13H8BrN3O2/c14-9-5-3-8(4-6-9)11-16-13(19-17-11)10-2-1-7-15-12(10)18/h1-7H,(H,15,18). The predicted octanol–water partition coefficient (Wildman–Crippen LogP) is 2.85. The Labute approximate surface area is 116 Å². The number of pyridine rings is 1. The molecule has 2 aromatic heterocycles. The van der Waals surface area contributed by atoms with E-state index in [1.807, 2.05) is 24.3 Å². The van der Waals surface area contributed by atoms with E-state index in [9.17, 15) is 4.79 Å². The minimum Gasteiger partial charge on any atom is -0.333 e. The smallest absolute Gasteiger partial charge is 0.263 e. The van der Waals surface area contributed by atoms with Gasteiger partial charge in [-0.1, -0.05) is 21.1 Å². The average molecular weight is 318 g/mol. The Morgan fingerprint density at radius 3 is 2.68 bits per heavy atom. The van der Waals surface area contributed by atoms with Crippen LogP contribution in [0.3, 0.4) is 0 Å². The zero-order chi connectivity index (χ0) is 13.2. The lowest BCUT2D eigenvalue weighted by atomic mass is 10.2. The summed E-state index contributed by atoms with van der Waals surface area (Å²) in [6.45, 7) is 0. The fraction of sp³-hybridized carbons (Fsp3) is 0. The van der Waals surface area contributed by atoms with Gasteiger partial charge in [0.25, 0.3) is 11.4 Å². The number of aromatic amines is 1. The molecule has 0 aliphatic heterocycles. The molecule has 6 heteroatoms. The van der Waals surface area contributed by atoms with E-state index in [1.54, 1.807) is 18.3 Å². The quantitative estimate of drug-likeness (QED) is 0.788. The third kappa shape index (κ3) is 2.34. The van der Waals surface area contributed by atoms with Gasteiger partial charge in [0.05, 0.1) is 0 Å². The van der Waals surface area contributed by atoms with Crippen LogP contribution in [-0.4, -0.2) is 15.1 Å². The lowest BCUT2D eigenvalue weighted by molar-refractivity contribution is 0.432. The Bertz CT molecular complexity index is 762. The molecule has 94 valence electrons. The van der Waals surface area contributed by atoms with Gasteiger partial charge in [0.15, 0.2) is 0 Å². The van der Waals surface area contributed by atoms with Gasteiger partial charge >= 0.3 is 0 Å². The van der Waals surface area contributed by atoms with Crippen molar-refractivity contribution >= 4 is 15.9 Å². The van der Waals surface area contributed by atoms with Crippen molar-refractivity contribution in [1.29, 1.82) is 0 Å². The van der Waals surface area contributed by atoms with Crippen molar-refractivity contribution in [2.24, 2.45) is 0 Å². The molecule has 1 N–H and O–H groups in total. The summed E-state index contributed by atoms with van der Waals surface area (Å²) in [5.41, 5.74) is 0.928.